The van der Waals surface area contributed by atoms with Gasteiger partial charge in [0.25, 0.3) is 0 Å². The van der Waals surface area contributed by atoms with Gasteiger partial charge in [-0.3, -0.25) is 14.9 Å². The molecule has 1 aliphatic carbocycles. The zero-order chi connectivity index (χ0) is 25.1. The minimum atomic E-state index is -0.830. The second-order valence-electron chi connectivity index (χ2n) is 8.92. The molecule has 1 aliphatic heterocycles. The number of ketones is 1. The Balaban J connectivity index is 1.81. The molecule has 0 fully saturated rings. The molecule has 2 aliphatic rings. The first kappa shape index (κ1) is 24.2. The zero-order valence-electron chi connectivity index (χ0n) is 19.7. The van der Waals surface area contributed by atoms with E-state index in [0.717, 1.165) is 12.0 Å². The van der Waals surface area contributed by atoms with Crippen LogP contribution in [0.2, 0.25) is 0 Å². The van der Waals surface area contributed by atoms with Crippen LogP contribution < -0.4 is 5.32 Å². The number of dihydropyridines is 1. The van der Waals surface area contributed by atoms with Gasteiger partial charge in [0.15, 0.2) is 11.5 Å². The molecular weight excluding hydrogens is 448 g/mol. The molecule has 0 radical (unpaired) electrons. The number of unbranched alkanes of at least 4 members (excludes halogenated alkanes) is 1. The van der Waals surface area contributed by atoms with E-state index in [4.69, 9.17) is 4.74 Å². The molecule has 0 amide bonds. The molecule has 2 atom stereocenters. The molecule has 2 aromatic carbocycles. The number of aromatic hydroxyl groups is 1. The number of nitrogens with zero attached hydrogens (tertiary/aromatic N) is 1. The average molecular weight is 477 g/mol. The van der Waals surface area contributed by atoms with E-state index >= 15 is 0 Å². The van der Waals surface area contributed by atoms with Crippen molar-refractivity contribution in [2.75, 3.05) is 6.61 Å². The number of nitro benzene ring substituents is 1. The first-order valence-electron chi connectivity index (χ1n) is 11.7. The maximum atomic E-state index is 13.6. The van der Waals surface area contributed by atoms with Crippen LogP contribution in [0.3, 0.4) is 0 Å². The fourth-order valence-corrected chi connectivity index (χ4v) is 4.86. The Bertz CT molecular complexity index is 1230. The van der Waals surface area contributed by atoms with Crippen molar-refractivity contribution in [2.24, 2.45) is 0 Å². The Morgan fingerprint density at radius 2 is 1.91 bits per heavy atom. The Labute approximate surface area is 203 Å². The number of phenolic OH excluding ortho intramolecular Hbond substituents is 1. The number of carbonyl (C=O) groups excluding carboxylic acids is 2. The molecule has 0 spiro atoms. The molecule has 8 nitrogen and oxygen atoms in total. The van der Waals surface area contributed by atoms with Crippen molar-refractivity contribution in [2.45, 2.75) is 51.4 Å². The predicted octanol–water partition coefficient (Wildman–Crippen LogP) is 5.01. The molecule has 182 valence electrons. The number of allylic oxidation sites excluding steroid dienone is 3. The molecule has 35 heavy (non-hydrogen) atoms. The van der Waals surface area contributed by atoms with Gasteiger partial charge in [0.05, 0.1) is 17.1 Å². The van der Waals surface area contributed by atoms with E-state index < -0.39 is 28.2 Å². The van der Waals surface area contributed by atoms with Gasteiger partial charge in [0.2, 0.25) is 0 Å². The lowest BCUT2D eigenvalue weighted by atomic mass is 9.71. The number of benzene rings is 2. The van der Waals surface area contributed by atoms with Gasteiger partial charge >= 0.3 is 11.7 Å². The molecule has 2 N–H and O–H groups in total. The Morgan fingerprint density at radius 1 is 1.17 bits per heavy atom. The van der Waals surface area contributed by atoms with Crippen LogP contribution in [0.4, 0.5) is 5.69 Å². The van der Waals surface area contributed by atoms with Crippen molar-refractivity contribution in [3.63, 3.8) is 0 Å². The van der Waals surface area contributed by atoms with Crippen LogP contribution in [0.1, 0.15) is 62.5 Å². The lowest BCUT2D eigenvalue weighted by Gasteiger charge is -2.36. The first-order chi connectivity index (χ1) is 16.8. The van der Waals surface area contributed by atoms with Crippen LogP contribution in [-0.4, -0.2) is 28.4 Å². The van der Waals surface area contributed by atoms with E-state index in [2.05, 4.69) is 5.32 Å². The molecule has 0 aromatic heterocycles. The summed E-state index contributed by atoms with van der Waals surface area (Å²) in [5, 5.41) is 24.8. The van der Waals surface area contributed by atoms with Gasteiger partial charge in [-0.15, -0.1) is 0 Å². The minimum Gasteiger partial charge on any atom is -0.502 e. The van der Waals surface area contributed by atoms with Crippen molar-refractivity contribution in [1.82, 2.24) is 5.32 Å². The maximum absolute atomic E-state index is 13.6. The summed E-state index contributed by atoms with van der Waals surface area (Å²) in [4.78, 5) is 37.6. The van der Waals surface area contributed by atoms with Gasteiger partial charge in [-0.25, -0.2) is 4.79 Å². The largest absolute Gasteiger partial charge is 0.502 e. The fraction of sp³-hybridized carbons (Fsp3) is 0.333. The number of Topliss-reactive ketones (excluding diaryl/α,β-unsaturated/α-hetero) is 1. The van der Waals surface area contributed by atoms with Crippen molar-refractivity contribution < 1.29 is 24.4 Å². The SMILES string of the molecule is CCCCOC(=O)C1=C(C)NC2=C(C(=O)CC(c3ccccc3)C2)C1c1ccc(O)c([N+](=O)[O-])c1. The van der Waals surface area contributed by atoms with E-state index in [1.165, 1.54) is 18.2 Å². The van der Waals surface area contributed by atoms with Crippen LogP contribution in [-0.2, 0) is 14.3 Å². The summed E-state index contributed by atoms with van der Waals surface area (Å²) >= 11 is 0. The highest BCUT2D eigenvalue weighted by molar-refractivity contribution is 6.04. The molecule has 2 unspecified atom stereocenters. The summed E-state index contributed by atoms with van der Waals surface area (Å²) in [5.74, 6) is -2.01. The number of esters is 1. The third-order valence-electron chi connectivity index (χ3n) is 6.58. The molecule has 2 aromatic rings. The first-order valence-corrected chi connectivity index (χ1v) is 11.7. The van der Waals surface area contributed by atoms with Crippen LogP contribution in [0.5, 0.6) is 5.75 Å². The van der Waals surface area contributed by atoms with E-state index in [1.807, 2.05) is 37.3 Å². The summed E-state index contributed by atoms with van der Waals surface area (Å²) in [6.45, 7) is 3.98. The number of nitro groups is 1. The van der Waals surface area contributed by atoms with Crippen LogP contribution in [0.25, 0.3) is 0 Å². The van der Waals surface area contributed by atoms with Crippen molar-refractivity contribution in [3.8, 4) is 5.75 Å². The van der Waals surface area contributed by atoms with Gasteiger partial charge in [-0.2, -0.15) is 0 Å². The number of carbonyl (C=O) groups is 2. The summed E-state index contributed by atoms with van der Waals surface area (Å²) in [7, 11) is 0. The smallest absolute Gasteiger partial charge is 0.336 e. The fourth-order valence-electron chi connectivity index (χ4n) is 4.86. The number of phenols is 1. The van der Waals surface area contributed by atoms with E-state index in [-0.39, 0.29) is 30.3 Å². The van der Waals surface area contributed by atoms with Crippen LogP contribution in [0.15, 0.2) is 71.1 Å². The molecule has 8 heteroatoms. The predicted molar refractivity (Wildman–Crippen MR) is 130 cm³/mol. The quantitative estimate of drug-likeness (QED) is 0.250. The third-order valence-corrected chi connectivity index (χ3v) is 6.58. The van der Waals surface area contributed by atoms with Crippen molar-refractivity contribution in [3.05, 3.63) is 92.3 Å². The molecular formula is C27H28N2O6. The standard InChI is InChI=1S/C27H28N2O6/c1-3-4-12-35-27(32)24-16(2)28-20-13-19(17-8-6-5-7-9-17)15-23(31)26(20)25(24)18-10-11-22(30)21(14-18)29(33)34/h5-11,14,19,25,28,30H,3-4,12-13,15H2,1-2H3. The lowest BCUT2D eigenvalue weighted by Crippen LogP contribution is -2.36. The van der Waals surface area contributed by atoms with Gasteiger partial charge < -0.3 is 15.2 Å². The highest BCUT2D eigenvalue weighted by atomic mass is 16.6. The number of hydrogen-bond donors (Lipinski definition) is 2. The van der Waals surface area contributed by atoms with E-state index in [9.17, 15) is 24.8 Å². The van der Waals surface area contributed by atoms with Gasteiger partial charge in [0, 0.05) is 35.4 Å². The van der Waals surface area contributed by atoms with Crippen molar-refractivity contribution in [1.29, 1.82) is 0 Å². The topological polar surface area (TPSA) is 119 Å². The van der Waals surface area contributed by atoms with Crippen molar-refractivity contribution >= 4 is 17.4 Å². The number of nitrogens with one attached hydrogen (secondary N) is 1. The van der Waals surface area contributed by atoms with Gasteiger partial charge in [-0.05, 0) is 42.9 Å². The van der Waals surface area contributed by atoms with E-state index in [0.29, 0.717) is 35.4 Å². The van der Waals surface area contributed by atoms with Crippen LogP contribution in [0, 0.1) is 10.1 Å². The second kappa shape index (κ2) is 10.1. The average Bonchev–Trinajstić information content (AvgIpc) is 2.83. The highest BCUT2D eigenvalue weighted by Gasteiger charge is 2.42. The number of rotatable bonds is 7. The minimum absolute atomic E-state index is 0.0180. The van der Waals surface area contributed by atoms with Gasteiger partial charge in [-0.1, -0.05) is 49.7 Å². The highest BCUT2D eigenvalue weighted by Crippen LogP contribution is 2.46. The molecule has 0 saturated carbocycles. The Morgan fingerprint density at radius 3 is 2.60 bits per heavy atom. The monoisotopic (exact) mass is 476 g/mol. The summed E-state index contributed by atoms with van der Waals surface area (Å²) < 4.78 is 5.50. The zero-order valence-corrected chi connectivity index (χ0v) is 19.7. The third kappa shape index (κ3) is 4.82. The summed E-state index contributed by atoms with van der Waals surface area (Å²) in [6.07, 6.45) is 2.38. The lowest BCUT2D eigenvalue weighted by molar-refractivity contribution is -0.385. The van der Waals surface area contributed by atoms with E-state index in [1.54, 1.807) is 6.92 Å². The number of ether oxygens (including phenoxy) is 1. The summed E-state index contributed by atoms with van der Waals surface area (Å²) in [5.41, 5.74) is 2.89. The molecule has 0 bridgehead atoms. The molecule has 4 rings (SSSR count). The normalized spacial score (nSPS) is 19.8. The Hall–Kier alpha value is -3.94. The van der Waals surface area contributed by atoms with Gasteiger partial charge in [0.1, 0.15) is 0 Å². The number of hydrogen-bond acceptors (Lipinski definition) is 7. The second-order valence-corrected chi connectivity index (χ2v) is 8.92. The van der Waals surface area contributed by atoms with Crippen LogP contribution >= 0.6 is 0 Å². The molecule has 1 heterocycles. The Kier molecular flexibility index (Phi) is 7.00. The molecule has 0 saturated heterocycles. The summed E-state index contributed by atoms with van der Waals surface area (Å²) in [6, 6.07) is 13.8. The maximum Gasteiger partial charge on any atom is 0.336 e.